The fraction of sp³-hybridized carbons (Fsp3) is 0.667. The standard InChI is InChI=1S/C24H39N8O18P3S2/c1-12(32(38)39)23(37)47-7-6-26-14(33)4-5-27-21(36)18(35)24(2,3)9-54-53(45,46)55-52(43,44)48-8-13-17(50-51(40,41)42)16(34)22(49-13)31-11-30-15-19(25)28-10-29-20(15)31/h10-13,16-18,22,34-35H,4-9H2,1-3H3,(H,26,33)(H,27,36)(H,43,44)(H,45,46)(H2,25,28,29)(H2,40,41,42)/t12?,13-,16-,17-,18?,22-/m1/s1. The third-order valence-electron chi connectivity index (χ3n) is 7.40. The molecule has 1 aliphatic rings. The van der Waals surface area contributed by atoms with E-state index in [9.17, 15) is 68.0 Å². The van der Waals surface area contributed by atoms with Gasteiger partial charge in [0.1, 0.15) is 42.9 Å². The molecule has 31 heteroatoms. The van der Waals surface area contributed by atoms with Crippen LogP contribution < -0.4 is 16.4 Å². The molecule has 0 bridgehead atoms. The maximum absolute atomic E-state index is 12.9. The summed E-state index contributed by atoms with van der Waals surface area (Å²) in [5.74, 6) is -7.80. The highest BCUT2D eigenvalue weighted by atomic mass is 33.3. The van der Waals surface area contributed by atoms with Gasteiger partial charge in [-0.3, -0.25) is 37.9 Å². The van der Waals surface area contributed by atoms with E-state index in [1.165, 1.54) is 13.8 Å². The van der Waals surface area contributed by atoms with E-state index in [0.29, 0.717) is 0 Å². The number of nitrogens with two attached hydrogens (primary N) is 1. The number of fused-ring (bicyclic) bond motifs is 1. The van der Waals surface area contributed by atoms with Crippen LogP contribution >= 0.6 is 42.8 Å². The van der Waals surface area contributed by atoms with Gasteiger partial charge in [0.2, 0.25) is 11.8 Å². The average molecular weight is 885 g/mol. The van der Waals surface area contributed by atoms with Gasteiger partial charge in [0.15, 0.2) is 17.7 Å². The monoisotopic (exact) mass is 884 g/mol. The third-order valence-corrected chi connectivity index (χ3v) is 19.4. The first-order chi connectivity index (χ1) is 25.3. The summed E-state index contributed by atoms with van der Waals surface area (Å²) in [7, 11) is -5.30. The number of hydrogen-bond donors (Lipinski definition) is 9. The molecule has 0 radical (unpaired) electrons. The lowest BCUT2D eigenvalue weighted by molar-refractivity contribution is -0.506. The maximum Gasteiger partial charge on any atom is 0.470 e. The van der Waals surface area contributed by atoms with Crippen LogP contribution in [0.25, 0.3) is 11.2 Å². The molecule has 10 N–H and O–H groups in total. The average Bonchev–Trinajstić information content (AvgIpc) is 3.64. The Morgan fingerprint density at radius 1 is 1.15 bits per heavy atom. The summed E-state index contributed by atoms with van der Waals surface area (Å²) in [5.41, 5.74) is 4.49. The highest BCUT2D eigenvalue weighted by molar-refractivity contribution is 9.03. The number of aliphatic hydroxyl groups excluding tert-OH is 2. The molecule has 310 valence electrons. The quantitative estimate of drug-likeness (QED) is 0.0240. The first kappa shape index (κ1) is 46.6. The van der Waals surface area contributed by atoms with Crippen LogP contribution in [0.3, 0.4) is 0 Å². The number of imidazole rings is 1. The summed E-state index contributed by atoms with van der Waals surface area (Å²) in [6, 6.07) is -1.58. The van der Waals surface area contributed by atoms with E-state index in [2.05, 4.69) is 34.8 Å². The smallest absolute Gasteiger partial charge is 0.459 e. The van der Waals surface area contributed by atoms with Crippen LogP contribution in [-0.2, 0) is 46.6 Å². The second-order valence-electron chi connectivity index (χ2n) is 12.2. The molecule has 3 rings (SSSR count). The molecule has 2 aromatic heterocycles. The van der Waals surface area contributed by atoms with Gasteiger partial charge < -0.3 is 55.6 Å². The number of rotatable bonds is 21. The Balaban J connectivity index is 1.50. The first-order valence-corrected chi connectivity index (χ1v) is 23.9. The van der Waals surface area contributed by atoms with E-state index in [4.69, 9.17) is 15.0 Å². The van der Waals surface area contributed by atoms with Crippen LogP contribution in [0.2, 0.25) is 0 Å². The number of carbonyl (C=O) groups is 3. The molecule has 4 unspecified atom stereocenters. The van der Waals surface area contributed by atoms with Gasteiger partial charge in [0.05, 0.1) is 30.5 Å². The Labute approximate surface area is 318 Å². The summed E-state index contributed by atoms with van der Waals surface area (Å²) in [4.78, 5) is 97.2. The van der Waals surface area contributed by atoms with Crippen LogP contribution in [0.5, 0.6) is 0 Å². The van der Waals surface area contributed by atoms with Gasteiger partial charge in [-0.1, -0.05) is 25.2 Å². The summed E-state index contributed by atoms with van der Waals surface area (Å²) in [6.07, 6.45) is -6.71. The van der Waals surface area contributed by atoms with Gasteiger partial charge >= 0.3 is 32.4 Å². The van der Waals surface area contributed by atoms with E-state index < -0.39 is 97.6 Å². The van der Waals surface area contributed by atoms with Crippen molar-refractivity contribution in [1.82, 2.24) is 30.2 Å². The third kappa shape index (κ3) is 13.7. The Morgan fingerprint density at radius 2 is 1.82 bits per heavy atom. The molecule has 1 fully saturated rings. The van der Waals surface area contributed by atoms with E-state index in [1.54, 1.807) is 0 Å². The molecule has 8 atom stereocenters. The molecule has 0 aromatic carbocycles. The number of amides is 2. The van der Waals surface area contributed by atoms with Gasteiger partial charge in [0, 0.05) is 36.0 Å². The minimum absolute atomic E-state index is 0.0335. The van der Waals surface area contributed by atoms with Crippen molar-refractivity contribution in [2.45, 2.75) is 63.9 Å². The zero-order valence-corrected chi connectivity index (χ0v) is 33.2. The Morgan fingerprint density at radius 3 is 2.45 bits per heavy atom. The molecular formula is C24H39N8O18P3S2. The molecule has 2 amide bonds. The number of ether oxygens (including phenoxy) is 2. The first-order valence-electron chi connectivity index (χ1n) is 15.5. The number of esters is 1. The topological polar surface area (TPSA) is 398 Å². The largest absolute Gasteiger partial charge is 0.470 e. The molecule has 0 aliphatic carbocycles. The lowest BCUT2D eigenvalue weighted by atomic mass is 9.88. The van der Waals surface area contributed by atoms with Crippen molar-refractivity contribution in [2.75, 3.05) is 37.8 Å². The number of anilines is 1. The number of aromatic nitrogens is 4. The Hall–Kier alpha value is -2.81. The van der Waals surface area contributed by atoms with Crippen molar-refractivity contribution in [3.05, 3.63) is 22.8 Å². The van der Waals surface area contributed by atoms with Gasteiger partial charge in [0.25, 0.3) is 0 Å². The normalized spacial score (nSPS) is 22.3. The lowest BCUT2D eigenvalue weighted by Crippen LogP contribution is -2.45. The molecular weight excluding hydrogens is 845 g/mol. The molecule has 1 saturated heterocycles. The Kier molecular flexibility index (Phi) is 16.2. The number of phosphoric ester groups is 1. The number of nitrogens with zero attached hydrogens (tertiary/aromatic N) is 5. The van der Waals surface area contributed by atoms with Crippen molar-refractivity contribution < 1.29 is 81.3 Å². The second kappa shape index (κ2) is 19.1. The fourth-order valence-electron chi connectivity index (χ4n) is 4.49. The van der Waals surface area contributed by atoms with E-state index in [1.807, 2.05) is 0 Å². The SMILES string of the molecule is CC(C(=O)OCCNC(=O)CCNC(=O)C(O)C(C)(C)CSP(=O)(O)SP(=O)(O)OC[C@H]1O[C@@H](n2cnc3c(N)ncnc32)[C@H](O)[C@@H]1OP(=O)(O)O)[N+](=O)[O-]. The lowest BCUT2D eigenvalue weighted by Gasteiger charge is -2.29. The predicted molar refractivity (Wildman–Crippen MR) is 190 cm³/mol. The van der Waals surface area contributed by atoms with Gasteiger partial charge in [-0.25, -0.2) is 28.9 Å². The molecule has 26 nitrogen and oxygen atoms in total. The van der Waals surface area contributed by atoms with Crippen molar-refractivity contribution in [3.63, 3.8) is 0 Å². The summed E-state index contributed by atoms with van der Waals surface area (Å²) in [5, 5.41) is 36.7. The number of hydrogen-bond acceptors (Lipinski definition) is 20. The summed E-state index contributed by atoms with van der Waals surface area (Å²) in [6.45, 7) is -3.10. The van der Waals surface area contributed by atoms with Crippen molar-refractivity contribution in [2.24, 2.45) is 5.41 Å². The van der Waals surface area contributed by atoms with Crippen LogP contribution in [0.15, 0.2) is 12.7 Å². The van der Waals surface area contributed by atoms with E-state index in [-0.39, 0.29) is 65.5 Å². The van der Waals surface area contributed by atoms with Gasteiger partial charge in [-0.15, -0.1) is 0 Å². The number of nitrogen functional groups attached to an aromatic ring is 1. The predicted octanol–water partition coefficient (Wildman–Crippen LogP) is -0.953. The number of nitro groups is 1. The minimum atomic E-state index is -5.30. The van der Waals surface area contributed by atoms with Crippen LogP contribution in [0, 0.1) is 15.5 Å². The zero-order chi connectivity index (χ0) is 41.5. The van der Waals surface area contributed by atoms with Gasteiger partial charge in [-0.2, -0.15) is 0 Å². The van der Waals surface area contributed by atoms with Crippen molar-refractivity contribution in [1.29, 1.82) is 0 Å². The maximum atomic E-state index is 12.9. The summed E-state index contributed by atoms with van der Waals surface area (Å²) < 4.78 is 58.6. The molecule has 2 aromatic rings. The molecule has 1 aliphatic heterocycles. The highest BCUT2D eigenvalue weighted by Gasteiger charge is 2.50. The van der Waals surface area contributed by atoms with Crippen molar-refractivity contribution >= 4 is 77.5 Å². The van der Waals surface area contributed by atoms with Gasteiger partial charge in [-0.05, 0) is 0 Å². The molecule has 55 heavy (non-hydrogen) atoms. The molecule has 0 spiro atoms. The van der Waals surface area contributed by atoms with Crippen LogP contribution in [0.4, 0.5) is 5.82 Å². The molecule has 3 heterocycles. The Bertz CT molecular complexity index is 1870. The number of nitrogens with one attached hydrogen (secondary N) is 2. The van der Waals surface area contributed by atoms with Crippen LogP contribution in [0.1, 0.15) is 33.4 Å². The number of carbonyl (C=O) groups excluding carboxylic acids is 3. The van der Waals surface area contributed by atoms with E-state index in [0.717, 1.165) is 24.1 Å². The van der Waals surface area contributed by atoms with Crippen molar-refractivity contribution in [3.8, 4) is 0 Å². The zero-order valence-electron chi connectivity index (χ0n) is 28.9. The molecule has 0 saturated carbocycles. The summed E-state index contributed by atoms with van der Waals surface area (Å²) >= 11 is -0.161. The highest BCUT2D eigenvalue weighted by Crippen LogP contribution is 2.80. The second-order valence-corrected chi connectivity index (χ2v) is 24.0. The fourth-order valence-corrected chi connectivity index (χ4v) is 16.4. The van der Waals surface area contributed by atoms with E-state index >= 15 is 0 Å². The number of phosphoric acid groups is 1. The number of aliphatic hydroxyl groups is 2. The van der Waals surface area contributed by atoms with Crippen LogP contribution in [-0.4, -0.2) is 135 Å². The minimum Gasteiger partial charge on any atom is -0.459 e.